The third-order valence-electron chi connectivity index (χ3n) is 1.54. The van der Waals surface area contributed by atoms with Crippen molar-refractivity contribution in [3.63, 3.8) is 0 Å². The molecular weight excluding hydrogens is 243 g/mol. The van der Waals surface area contributed by atoms with Gasteiger partial charge in [0.25, 0.3) is 0 Å². The molecule has 1 aromatic heterocycles. The second kappa shape index (κ2) is 5.15. The van der Waals surface area contributed by atoms with Gasteiger partial charge < -0.3 is 10.6 Å². The first-order valence-electron chi connectivity index (χ1n) is 4.36. The number of amides is 2. The van der Waals surface area contributed by atoms with Crippen LogP contribution in [0.4, 0.5) is 18.0 Å². The van der Waals surface area contributed by atoms with Gasteiger partial charge in [-0.15, -0.1) is 11.3 Å². The van der Waals surface area contributed by atoms with Crippen LogP contribution in [0.1, 0.15) is 9.88 Å². The van der Waals surface area contributed by atoms with Crippen LogP contribution in [0, 0.1) is 6.92 Å². The molecule has 4 nitrogen and oxygen atoms in total. The molecule has 0 fully saturated rings. The summed E-state index contributed by atoms with van der Waals surface area (Å²) in [6.07, 6.45) is -2.82. The topological polar surface area (TPSA) is 54.0 Å². The van der Waals surface area contributed by atoms with Crippen LogP contribution in [0.15, 0.2) is 6.20 Å². The molecule has 16 heavy (non-hydrogen) atoms. The number of rotatable bonds is 3. The number of hydrogen-bond donors (Lipinski definition) is 2. The van der Waals surface area contributed by atoms with Crippen LogP contribution < -0.4 is 10.6 Å². The van der Waals surface area contributed by atoms with E-state index < -0.39 is 18.8 Å². The minimum Gasteiger partial charge on any atom is -0.333 e. The Morgan fingerprint density at radius 2 is 2.19 bits per heavy atom. The molecule has 0 aromatic carbocycles. The number of thiazole rings is 1. The molecule has 1 rings (SSSR count). The molecule has 0 atom stereocenters. The lowest BCUT2D eigenvalue weighted by atomic mass is 10.5. The van der Waals surface area contributed by atoms with Crippen molar-refractivity contribution in [1.29, 1.82) is 0 Å². The number of urea groups is 1. The van der Waals surface area contributed by atoms with E-state index >= 15 is 0 Å². The van der Waals surface area contributed by atoms with Crippen molar-refractivity contribution >= 4 is 17.4 Å². The number of hydrogen-bond acceptors (Lipinski definition) is 3. The van der Waals surface area contributed by atoms with Crippen molar-refractivity contribution < 1.29 is 18.0 Å². The highest BCUT2D eigenvalue weighted by Crippen LogP contribution is 2.12. The van der Waals surface area contributed by atoms with E-state index in [0.29, 0.717) is 0 Å². The molecule has 90 valence electrons. The first-order chi connectivity index (χ1) is 7.37. The van der Waals surface area contributed by atoms with Crippen molar-refractivity contribution in [1.82, 2.24) is 15.6 Å². The van der Waals surface area contributed by atoms with Crippen molar-refractivity contribution in [3.8, 4) is 0 Å². The van der Waals surface area contributed by atoms with Crippen LogP contribution in [0.3, 0.4) is 0 Å². The lowest BCUT2D eigenvalue weighted by molar-refractivity contribution is -0.122. The molecule has 1 heterocycles. The van der Waals surface area contributed by atoms with E-state index in [2.05, 4.69) is 10.3 Å². The van der Waals surface area contributed by atoms with E-state index in [1.807, 2.05) is 0 Å². The molecule has 0 spiro atoms. The van der Waals surface area contributed by atoms with Crippen molar-refractivity contribution in [2.75, 3.05) is 6.54 Å². The van der Waals surface area contributed by atoms with E-state index in [1.165, 1.54) is 11.3 Å². The number of aromatic nitrogens is 1. The Balaban J connectivity index is 2.25. The molecule has 0 aliphatic rings. The van der Waals surface area contributed by atoms with Gasteiger partial charge in [0.1, 0.15) is 6.54 Å². The van der Waals surface area contributed by atoms with E-state index in [0.717, 1.165) is 9.88 Å². The zero-order chi connectivity index (χ0) is 12.2. The number of carbonyl (C=O) groups excluding carboxylic acids is 1. The first-order valence-corrected chi connectivity index (χ1v) is 5.18. The van der Waals surface area contributed by atoms with Gasteiger partial charge in [0, 0.05) is 11.1 Å². The lowest BCUT2D eigenvalue weighted by Crippen LogP contribution is -2.40. The molecule has 0 saturated carbocycles. The Bertz CT molecular complexity index is 364. The molecule has 0 bridgehead atoms. The molecule has 0 radical (unpaired) electrons. The maximum absolute atomic E-state index is 11.7. The largest absolute Gasteiger partial charge is 0.405 e. The molecule has 0 aliphatic heterocycles. The van der Waals surface area contributed by atoms with E-state index in [-0.39, 0.29) is 6.54 Å². The van der Waals surface area contributed by atoms with Crippen molar-refractivity contribution in [2.24, 2.45) is 0 Å². The quantitative estimate of drug-likeness (QED) is 0.863. The predicted octanol–water partition coefficient (Wildman–Crippen LogP) is 1.81. The molecule has 0 saturated heterocycles. The van der Waals surface area contributed by atoms with Crippen molar-refractivity contribution in [3.05, 3.63) is 16.1 Å². The normalized spacial score (nSPS) is 11.2. The maximum atomic E-state index is 11.7. The van der Waals surface area contributed by atoms with Gasteiger partial charge in [0.15, 0.2) is 0 Å². The SMILES string of the molecule is Cc1ncc(CNC(=O)NCC(F)(F)F)s1. The van der Waals surface area contributed by atoms with E-state index in [1.54, 1.807) is 18.4 Å². The monoisotopic (exact) mass is 253 g/mol. The Morgan fingerprint density at radius 1 is 1.50 bits per heavy atom. The van der Waals surface area contributed by atoms with Gasteiger partial charge >= 0.3 is 12.2 Å². The van der Waals surface area contributed by atoms with Gasteiger partial charge in [-0.25, -0.2) is 9.78 Å². The lowest BCUT2D eigenvalue weighted by Gasteiger charge is -2.08. The number of alkyl halides is 3. The minimum absolute atomic E-state index is 0.176. The first kappa shape index (κ1) is 12.8. The molecule has 2 amide bonds. The molecule has 0 aliphatic carbocycles. The average molecular weight is 253 g/mol. The maximum Gasteiger partial charge on any atom is 0.405 e. The van der Waals surface area contributed by atoms with E-state index in [4.69, 9.17) is 0 Å². The number of nitrogens with zero attached hydrogens (tertiary/aromatic N) is 1. The minimum atomic E-state index is -4.39. The number of nitrogens with one attached hydrogen (secondary N) is 2. The zero-order valence-corrected chi connectivity index (χ0v) is 9.21. The number of aryl methyl sites for hydroxylation is 1. The van der Waals surface area contributed by atoms with Crippen LogP contribution in [0.25, 0.3) is 0 Å². The highest BCUT2D eigenvalue weighted by atomic mass is 32.1. The molecule has 8 heteroatoms. The van der Waals surface area contributed by atoms with Gasteiger partial charge in [-0.3, -0.25) is 0 Å². The molecular formula is C8H10F3N3OS. The van der Waals surface area contributed by atoms with Gasteiger partial charge in [-0.05, 0) is 6.92 Å². The van der Waals surface area contributed by atoms with Gasteiger partial charge in [-0.2, -0.15) is 13.2 Å². The summed E-state index contributed by atoms with van der Waals surface area (Å²) in [7, 11) is 0. The average Bonchev–Trinajstić information content (AvgIpc) is 2.57. The van der Waals surface area contributed by atoms with Crippen molar-refractivity contribution in [2.45, 2.75) is 19.6 Å². The Morgan fingerprint density at radius 3 is 2.69 bits per heavy atom. The van der Waals surface area contributed by atoms with Gasteiger partial charge in [-0.1, -0.05) is 0 Å². The number of carbonyl (C=O) groups is 1. The van der Waals surface area contributed by atoms with E-state index in [9.17, 15) is 18.0 Å². The van der Waals surface area contributed by atoms with Crippen LogP contribution in [0.2, 0.25) is 0 Å². The fraction of sp³-hybridized carbons (Fsp3) is 0.500. The summed E-state index contributed by atoms with van der Waals surface area (Å²) in [5.41, 5.74) is 0. The molecule has 2 N–H and O–H groups in total. The number of halogens is 3. The summed E-state index contributed by atoms with van der Waals surface area (Å²) in [4.78, 5) is 15.7. The van der Waals surface area contributed by atoms with Gasteiger partial charge in [0.05, 0.1) is 11.6 Å². The fourth-order valence-corrected chi connectivity index (χ4v) is 1.63. The second-order valence-electron chi connectivity index (χ2n) is 3.00. The van der Waals surface area contributed by atoms with Crippen LogP contribution in [-0.2, 0) is 6.54 Å². The third kappa shape index (κ3) is 4.96. The summed E-state index contributed by atoms with van der Waals surface area (Å²) < 4.78 is 35.2. The molecule has 1 aromatic rings. The smallest absolute Gasteiger partial charge is 0.333 e. The highest BCUT2D eigenvalue weighted by Gasteiger charge is 2.27. The second-order valence-corrected chi connectivity index (χ2v) is 4.32. The standard InChI is InChI=1S/C8H10F3N3OS/c1-5-12-2-6(16-5)3-13-7(15)14-4-8(9,10)11/h2H,3-4H2,1H3,(H2,13,14,15). The third-order valence-corrected chi connectivity index (χ3v) is 2.45. The van der Waals surface area contributed by atoms with Crippen LogP contribution in [-0.4, -0.2) is 23.7 Å². The Hall–Kier alpha value is -1.31. The predicted molar refractivity (Wildman–Crippen MR) is 53.1 cm³/mol. The zero-order valence-electron chi connectivity index (χ0n) is 8.39. The summed E-state index contributed by atoms with van der Waals surface area (Å²) >= 11 is 1.38. The highest BCUT2D eigenvalue weighted by molar-refractivity contribution is 7.11. The summed E-state index contributed by atoms with van der Waals surface area (Å²) in [6.45, 7) is 0.646. The fourth-order valence-electron chi connectivity index (χ4n) is 0.897. The van der Waals surface area contributed by atoms with Crippen LogP contribution in [0.5, 0.6) is 0 Å². The van der Waals surface area contributed by atoms with Gasteiger partial charge in [0.2, 0.25) is 0 Å². The molecule has 0 unspecified atom stereocenters. The summed E-state index contributed by atoms with van der Waals surface area (Å²) in [5.74, 6) is 0. The van der Waals surface area contributed by atoms with Crippen LogP contribution >= 0.6 is 11.3 Å². The Kier molecular flexibility index (Phi) is 4.11. The summed E-state index contributed by atoms with van der Waals surface area (Å²) in [5, 5.41) is 4.85. The Labute approximate surface area is 93.9 Å². The summed E-state index contributed by atoms with van der Waals surface area (Å²) in [6, 6.07) is -0.844.